The molecule has 1 amide bonds. The van der Waals surface area contributed by atoms with Crippen LogP contribution in [0.25, 0.3) is 0 Å². The Bertz CT molecular complexity index is 522. The lowest BCUT2D eigenvalue weighted by Crippen LogP contribution is -2.19. The molecule has 0 atom stereocenters. The average Bonchev–Trinajstić information content (AvgIpc) is 2.48. The molecule has 6 nitrogen and oxygen atoms in total. The lowest BCUT2D eigenvalue weighted by Gasteiger charge is -2.16. The van der Waals surface area contributed by atoms with Gasteiger partial charge in [0.15, 0.2) is 0 Å². The smallest absolute Gasteiger partial charge is 0.267 e. The number of benzene rings is 1. The maximum absolute atomic E-state index is 11.8. The van der Waals surface area contributed by atoms with Gasteiger partial charge < -0.3 is 0 Å². The topological polar surface area (TPSA) is 84.6 Å². The highest BCUT2D eigenvalue weighted by Crippen LogP contribution is 2.21. The summed E-state index contributed by atoms with van der Waals surface area (Å²) in [7, 11) is 0. The monoisotopic (exact) mass is 275 g/mol. The summed E-state index contributed by atoms with van der Waals surface area (Å²) in [4.78, 5) is 21.9. The van der Waals surface area contributed by atoms with Crippen molar-refractivity contribution in [1.29, 1.82) is 0 Å². The molecule has 1 N–H and O–H groups in total. The van der Waals surface area contributed by atoms with Crippen LogP contribution in [0.4, 0.5) is 5.69 Å². The Morgan fingerprint density at radius 3 is 2.80 bits per heavy atom. The molecular formula is C14H17N3O3. The highest BCUT2D eigenvalue weighted by Gasteiger charge is 2.12. The first kappa shape index (κ1) is 14.2. The fourth-order valence-corrected chi connectivity index (χ4v) is 2.31. The van der Waals surface area contributed by atoms with Gasteiger partial charge in [-0.1, -0.05) is 25.3 Å². The number of rotatable bonds is 4. The van der Waals surface area contributed by atoms with Gasteiger partial charge >= 0.3 is 0 Å². The van der Waals surface area contributed by atoms with Gasteiger partial charge in [0, 0.05) is 23.9 Å². The number of carbonyl (C=O) groups excluding carboxylic acids is 1. The second-order valence-electron chi connectivity index (χ2n) is 4.92. The number of non-ortho nitro benzene ring substituents is 1. The molecule has 1 fully saturated rings. The van der Waals surface area contributed by atoms with Crippen LogP contribution < -0.4 is 5.43 Å². The van der Waals surface area contributed by atoms with Crippen molar-refractivity contribution in [2.24, 2.45) is 11.0 Å². The molecule has 1 aliphatic rings. The first-order chi connectivity index (χ1) is 9.66. The molecule has 1 saturated carbocycles. The molecule has 6 heteroatoms. The second kappa shape index (κ2) is 6.79. The molecule has 0 bridgehead atoms. The summed E-state index contributed by atoms with van der Waals surface area (Å²) in [6.45, 7) is 0. The van der Waals surface area contributed by atoms with Gasteiger partial charge in [-0.3, -0.25) is 14.9 Å². The van der Waals surface area contributed by atoms with Gasteiger partial charge in [0.1, 0.15) is 0 Å². The van der Waals surface area contributed by atoms with E-state index in [0.717, 1.165) is 12.8 Å². The van der Waals surface area contributed by atoms with E-state index in [1.807, 2.05) is 0 Å². The number of hydrogen-bond acceptors (Lipinski definition) is 4. The zero-order valence-corrected chi connectivity index (χ0v) is 11.1. The summed E-state index contributed by atoms with van der Waals surface area (Å²) >= 11 is 0. The van der Waals surface area contributed by atoms with Gasteiger partial charge in [0.2, 0.25) is 0 Å². The Kier molecular flexibility index (Phi) is 4.81. The molecule has 1 aromatic rings. The lowest BCUT2D eigenvalue weighted by atomic mass is 9.90. The predicted octanol–water partition coefficient (Wildman–Crippen LogP) is 2.89. The molecule has 1 aromatic carbocycles. The molecule has 0 unspecified atom stereocenters. The fraction of sp³-hybridized carbons (Fsp3) is 0.429. The second-order valence-corrected chi connectivity index (χ2v) is 4.92. The van der Waals surface area contributed by atoms with Crippen LogP contribution >= 0.6 is 0 Å². The van der Waals surface area contributed by atoms with Crippen molar-refractivity contribution in [3.05, 3.63) is 39.9 Å². The van der Waals surface area contributed by atoms with E-state index in [-0.39, 0.29) is 11.3 Å². The Labute approximate surface area is 117 Å². The molecule has 1 aliphatic carbocycles. The summed E-state index contributed by atoms with van der Waals surface area (Å²) in [5.74, 6) is -0.00470. The highest BCUT2D eigenvalue weighted by atomic mass is 16.6. The van der Waals surface area contributed by atoms with Gasteiger partial charge in [-0.2, -0.15) is 5.10 Å². The van der Waals surface area contributed by atoms with Crippen molar-refractivity contribution >= 4 is 17.8 Å². The summed E-state index contributed by atoms with van der Waals surface area (Å²) in [5.41, 5.74) is 2.55. The molecule has 2 rings (SSSR count). The van der Waals surface area contributed by atoms with Gasteiger partial charge in [-0.15, -0.1) is 0 Å². The largest absolute Gasteiger partial charge is 0.271 e. The van der Waals surface area contributed by atoms with Crippen molar-refractivity contribution in [2.75, 3.05) is 0 Å². The minimum Gasteiger partial charge on any atom is -0.267 e. The third kappa shape index (κ3) is 3.88. The maximum atomic E-state index is 11.8. The molecule has 0 radical (unpaired) electrons. The fourth-order valence-electron chi connectivity index (χ4n) is 2.31. The van der Waals surface area contributed by atoms with Crippen LogP contribution in [-0.4, -0.2) is 17.0 Å². The molecule has 20 heavy (non-hydrogen) atoms. The SMILES string of the molecule is O=C(N/N=C/C1CCCCC1)c1cccc([N+](=O)[O-])c1. The summed E-state index contributed by atoms with van der Waals surface area (Å²) in [6.07, 6.45) is 7.66. The van der Waals surface area contributed by atoms with Crippen molar-refractivity contribution in [1.82, 2.24) is 5.43 Å². The predicted molar refractivity (Wildman–Crippen MR) is 75.6 cm³/mol. The van der Waals surface area contributed by atoms with Gasteiger partial charge in [-0.25, -0.2) is 5.43 Å². The van der Waals surface area contributed by atoms with Crippen molar-refractivity contribution in [2.45, 2.75) is 32.1 Å². The van der Waals surface area contributed by atoms with Crippen LogP contribution in [0.15, 0.2) is 29.4 Å². The van der Waals surface area contributed by atoms with Crippen molar-refractivity contribution in [3.63, 3.8) is 0 Å². The Morgan fingerprint density at radius 2 is 2.10 bits per heavy atom. The third-order valence-electron chi connectivity index (χ3n) is 3.42. The van der Waals surface area contributed by atoms with Crippen molar-refractivity contribution < 1.29 is 9.72 Å². The number of amides is 1. The van der Waals surface area contributed by atoms with E-state index in [2.05, 4.69) is 10.5 Å². The zero-order chi connectivity index (χ0) is 14.4. The number of carbonyl (C=O) groups is 1. The molecule has 0 aromatic heterocycles. The minimum atomic E-state index is -0.526. The van der Waals surface area contributed by atoms with Crippen LogP contribution in [0.1, 0.15) is 42.5 Å². The van der Waals surface area contributed by atoms with E-state index >= 15 is 0 Å². The van der Waals surface area contributed by atoms with Gasteiger partial charge in [0.25, 0.3) is 11.6 Å². The summed E-state index contributed by atoms with van der Waals surface area (Å²) in [6, 6.07) is 5.60. The van der Waals surface area contributed by atoms with E-state index < -0.39 is 10.8 Å². The minimum absolute atomic E-state index is 0.103. The van der Waals surface area contributed by atoms with Crippen molar-refractivity contribution in [3.8, 4) is 0 Å². The summed E-state index contributed by atoms with van der Waals surface area (Å²) < 4.78 is 0. The number of hydrazone groups is 1. The lowest BCUT2D eigenvalue weighted by molar-refractivity contribution is -0.384. The zero-order valence-electron chi connectivity index (χ0n) is 11.1. The summed E-state index contributed by atoms with van der Waals surface area (Å²) in [5, 5.41) is 14.6. The van der Waals surface area contributed by atoms with E-state index in [0.29, 0.717) is 5.92 Å². The van der Waals surface area contributed by atoms with E-state index in [4.69, 9.17) is 0 Å². The Morgan fingerprint density at radius 1 is 1.35 bits per heavy atom. The Balaban J connectivity index is 1.92. The van der Waals surface area contributed by atoms with Crippen LogP contribution in [0.5, 0.6) is 0 Å². The van der Waals surface area contributed by atoms with Crippen LogP contribution in [0.3, 0.4) is 0 Å². The molecular weight excluding hydrogens is 258 g/mol. The standard InChI is InChI=1S/C14H17N3O3/c18-14(12-7-4-8-13(9-12)17(19)20)16-15-10-11-5-2-1-3-6-11/h4,7-11H,1-3,5-6H2,(H,16,18)/b15-10+. The number of nitro benzene ring substituents is 1. The van der Waals surface area contributed by atoms with E-state index in [9.17, 15) is 14.9 Å². The molecule has 0 heterocycles. The highest BCUT2D eigenvalue weighted by molar-refractivity contribution is 5.94. The van der Waals surface area contributed by atoms with Gasteiger partial charge in [-0.05, 0) is 24.8 Å². The normalized spacial score (nSPS) is 16.2. The number of nitrogens with zero attached hydrogens (tertiary/aromatic N) is 2. The number of hydrogen-bond donors (Lipinski definition) is 1. The number of nitro groups is 1. The molecule has 0 aliphatic heterocycles. The maximum Gasteiger partial charge on any atom is 0.271 e. The molecule has 106 valence electrons. The van der Waals surface area contributed by atoms with E-state index in [1.54, 1.807) is 6.21 Å². The van der Waals surface area contributed by atoms with Crippen LogP contribution in [-0.2, 0) is 0 Å². The van der Waals surface area contributed by atoms with E-state index in [1.165, 1.54) is 43.5 Å². The number of nitrogens with one attached hydrogen (secondary N) is 1. The first-order valence-electron chi connectivity index (χ1n) is 6.75. The first-order valence-corrected chi connectivity index (χ1v) is 6.75. The van der Waals surface area contributed by atoms with Crippen LogP contribution in [0.2, 0.25) is 0 Å². The van der Waals surface area contributed by atoms with Gasteiger partial charge in [0.05, 0.1) is 4.92 Å². The third-order valence-corrected chi connectivity index (χ3v) is 3.42. The van der Waals surface area contributed by atoms with Crippen LogP contribution in [0, 0.1) is 16.0 Å². The average molecular weight is 275 g/mol. The molecule has 0 saturated heterocycles. The quantitative estimate of drug-likeness (QED) is 0.521. The Hall–Kier alpha value is -2.24. The molecule has 0 spiro atoms.